The first-order chi connectivity index (χ1) is 13.5. The number of fused-ring (bicyclic) bond motifs is 1. The molecule has 0 aliphatic heterocycles. The third-order valence-electron chi connectivity index (χ3n) is 4.19. The standard InChI is InChI=1S/C20H21N5O3/c21-18(26)9-6-13-5-8-16-17(11-13)24-19(23-16)12-22-15-4-2-1-3-14(15)7-10-20(27)25-28/h1-5,7-8,10-11,22,28H,6,9,12H2,(H2,21,26)(H,23,24)(H,25,27). The largest absolute Gasteiger partial charge is 0.377 e. The number of rotatable bonds is 8. The number of amides is 2. The predicted molar refractivity (Wildman–Crippen MR) is 106 cm³/mol. The van der Waals surface area contributed by atoms with Crippen molar-refractivity contribution in [3.63, 3.8) is 0 Å². The molecule has 0 radical (unpaired) electrons. The second kappa shape index (κ2) is 8.83. The van der Waals surface area contributed by atoms with Crippen LogP contribution in [0, 0.1) is 0 Å². The molecule has 0 unspecified atom stereocenters. The molecular formula is C20H21N5O3. The minimum absolute atomic E-state index is 0.312. The van der Waals surface area contributed by atoms with Gasteiger partial charge in [0.05, 0.1) is 17.6 Å². The van der Waals surface area contributed by atoms with E-state index in [1.807, 2.05) is 42.5 Å². The number of anilines is 1. The highest BCUT2D eigenvalue weighted by Gasteiger charge is 2.06. The molecule has 0 saturated heterocycles. The van der Waals surface area contributed by atoms with Gasteiger partial charge < -0.3 is 16.0 Å². The van der Waals surface area contributed by atoms with Crippen LogP contribution in [0.1, 0.15) is 23.4 Å². The van der Waals surface area contributed by atoms with Crippen molar-refractivity contribution in [3.8, 4) is 0 Å². The fraction of sp³-hybridized carbons (Fsp3) is 0.150. The first kappa shape index (κ1) is 19.1. The molecule has 2 amide bonds. The Morgan fingerprint density at radius 3 is 2.82 bits per heavy atom. The smallest absolute Gasteiger partial charge is 0.267 e. The van der Waals surface area contributed by atoms with Crippen LogP contribution in [0.4, 0.5) is 5.69 Å². The lowest BCUT2D eigenvalue weighted by Crippen LogP contribution is -2.14. The van der Waals surface area contributed by atoms with Crippen LogP contribution in [0.15, 0.2) is 48.5 Å². The van der Waals surface area contributed by atoms with E-state index >= 15 is 0 Å². The summed E-state index contributed by atoms with van der Waals surface area (Å²) in [6.45, 7) is 0.461. The molecule has 144 valence electrons. The summed E-state index contributed by atoms with van der Waals surface area (Å²) in [6, 6.07) is 13.3. The number of aromatic amines is 1. The van der Waals surface area contributed by atoms with Gasteiger partial charge in [0.1, 0.15) is 5.82 Å². The topological polar surface area (TPSA) is 133 Å². The van der Waals surface area contributed by atoms with Crippen molar-refractivity contribution in [1.29, 1.82) is 0 Å². The molecule has 3 rings (SSSR count). The molecule has 2 aromatic carbocycles. The molecule has 8 heteroatoms. The Hall–Kier alpha value is -3.65. The fourth-order valence-corrected chi connectivity index (χ4v) is 2.80. The molecule has 1 heterocycles. The molecule has 28 heavy (non-hydrogen) atoms. The van der Waals surface area contributed by atoms with Gasteiger partial charge in [-0.1, -0.05) is 24.3 Å². The highest BCUT2D eigenvalue weighted by molar-refractivity contribution is 5.91. The van der Waals surface area contributed by atoms with Crippen molar-refractivity contribution in [2.24, 2.45) is 5.73 Å². The lowest BCUT2D eigenvalue weighted by molar-refractivity contribution is -0.124. The van der Waals surface area contributed by atoms with E-state index in [9.17, 15) is 9.59 Å². The molecule has 0 fully saturated rings. The molecule has 0 spiro atoms. The SMILES string of the molecule is NC(=O)CCc1ccc2nc(CNc3ccccc3C=CC(=O)NO)[nH]c2c1. The van der Waals surface area contributed by atoms with Gasteiger partial charge >= 0.3 is 0 Å². The van der Waals surface area contributed by atoms with Crippen molar-refractivity contribution >= 4 is 34.6 Å². The molecule has 3 aromatic rings. The number of hydrogen-bond acceptors (Lipinski definition) is 5. The van der Waals surface area contributed by atoms with Crippen LogP contribution in [0.25, 0.3) is 17.1 Å². The van der Waals surface area contributed by atoms with Crippen molar-refractivity contribution in [1.82, 2.24) is 15.4 Å². The molecule has 1 aromatic heterocycles. The van der Waals surface area contributed by atoms with Gasteiger partial charge in [-0.3, -0.25) is 14.8 Å². The summed E-state index contributed by atoms with van der Waals surface area (Å²) in [5.41, 5.74) is 11.1. The van der Waals surface area contributed by atoms with Crippen molar-refractivity contribution in [2.45, 2.75) is 19.4 Å². The number of nitrogens with one attached hydrogen (secondary N) is 3. The molecule has 0 aliphatic rings. The normalized spacial score (nSPS) is 11.0. The van der Waals surface area contributed by atoms with E-state index in [1.165, 1.54) is 6.08 Å². The quantitative estimate of drug-likeness (QED) is 0.232. The minimum Gasteiger partial charge on any atom is -0.377 e. The number of para-hydroxylation sites is 1. The van der Waals surface area contributed by atoms with Gasteiger partial charge in [-0.2, -0.15) is 0 Å². The van der Waals surface area contributed by atoms with Crippen LogP contribution >= 0.6 is 0 Å². The second-order valence-corrected chi connectivity index (χ2v) is 6.25. The zero-order valence-corrected chi connectivity index (χ0v) is 15.1. The van der Waals surface area contributed by atoms with E-state index in [2.05, 4.69) is 15.3 Å². The molecular weight excluding hydrogens is 358 g/mol. The van der Waals surface area contributed by atoms with E-state index in [1.54, 1.807) is 11.6 Å². The molecule has 6 N–H and O–H groups in total. The zero-order chi connectivity index (χ0) is 19.9. The summed E-state index contributed by atoms with van der Waals surface area (Å²) in [5.74, 6) is -0.160. The van der Waals surface area contributed by atoms with E-state index < -0.39 is 5.91 Å². The Kier molecular flexibility index (Phi) is 6.03. The number of nitrogens with two attached hydrogens (primary N) is 1. The number of hydroxylamine groups is 1. The van der Waals surface area contributed by atoms with E-state index in [0.717, 1.165) is 33.7 Å². The summed E-state index contributed by atoms with van der Waals surface area (Å²) in [4.78, 5) is 29.9. The Morgan fingerprint density at radius 1 is 1.21 bits per heavy atom. The average molecular weight is 379 g/mol. The van der Waals surface area contributed by atoms with Gasteiger partial charge in [0.25, 0.3) is 5.91 Å². The van der Waals surface area contributed by atoms with Gasteiger partial charge in [-0.25, -0.2) is 10.5 Å². The van der Waals surface area contributed by atoms with Crippen molar-refractivity contribution in [3.05, 3.63) is 65.5 Å². The van der Waals surface area contributed by atoms with Crippen LogP contribution < -0.4 is 16.5 Å². The molecule has 0 saturated carbocycles. The first-order valence-electron chi connectivity index (χ1n) is 8.76. The summed E-state index contributed by atoms with van der Waals surface area (Å²) < 4.78 is 0. The third-order valence-corrected chi connectivity index (χ3v) is 4.19. The number of imidazole rings is 1. The van der Waals surface area contributed by atoms with Gasteiger partial charge in [0, 0.05) is 18.2 Å². The second-order valence-electron chi connectivity index (χ2n) is 6.25. The van der Waals surface area contributed by atoms with Crippen LogP contribution in [-0.2, 0) is 22.6 Å². The van der Waals surface area contributed by atoms with E-state index in [-0.39, 0.29) is 5.91 Å². The first-order valence-corrected chi connectivity index (χ1v) is 8.76. The van der Waals surface area contributed by atoms with Crippen LogP contribution in [-0.4, -0.2) is 27.0 Å². The van der Waals surface area contributed by atoms with Crippen LogP contribution in [0.5, 0.6) is 0 Å². The number of carbonyl (C=O) groups is 2. The van der Waals surface area contributed by atoms with E-state index in [4.69, 9.17) is 10.9 Å². The van der Waals surface area contributed by atoms with Crippen molar-refractivity contribution in [2.75, 3.05) is 5.32 Å². The van der Waals surface area contributed by atoms with E-state index in [0.29, 0.717) is 19.4 Å². The fourth-order valence-electron chi connectivity index (χ4n) is 2.80. The summed E-state index contributed by atoms with van der Waals surface area (Å²) in [7, 11) is 0. The van der Waals surface area contributed by atoms with Gasteiger partial charge in [0.15, 0.2) is 0 Å². The number of primary amides is 1. The van der Waals surface area contributed by atoms with Gasteiger partial charge in [-0.15, -0.1) is 0 Å². The maximum Gasteiger partial charge on any atom is 0.267 e. The Bertz CT molecular complexity index is 1030. The van der Waals surface area contributed by atoms with Crippen LogP contribution in [0.2, 0.25) is 0 Å². The Labute approximate surface area is 161 Å². The van der Waals surface area contributed by atoms with Gasteiger partial charge in [-0.05, 0) is 41.8 Å². The summed E-state index contributed by atoms with van der Waals surface area (Å²) in [6.07, 6.45) is 3.76. The highest BCUT2D eigenvalue weighted by atomic mass is 16.5. The number of H-pyrrole nitrogens is 1. The lowest BCUT2D eigenvalue weighted by atomic mass is 10.1. The number of hydrogen-bond donors (Lipinski definition) is 5. The maximum absolute atomic E-state index is 11.2. The van der Waals surface area contributed by atoms with Crippen LogP contribution in [0.3, 0.4) is 0 Å². The lowest BCUT2D eigenvalue weighted by Gasteiger charge is -2.08. The van der Waals surface area contributed by atoms with Gasteiger partial charge in [0.2, 0.25) is 5.91 Å². The number of aromatic nitrogens is 2. The average Bonchev–Trinajstić information content (AvgIpc) is 3.11. The number of carbonyl (C=O) groups excluding carboxylic acids is 2. The zero-order valence-electron chi connectivity index (χ0n) is 15.1. The number of nitrogens with zero attached hydrogens (tertiary/aromatic N) is 1. The molecule has 8 nitrogen and oxygen atoms in total. The number of aryl methyl sites for hydroxylation is 1. The highest BCUT2D eigenvalue weighted by Crippen LogP contribution is 2.19. The summed E-state index contributed by atoms with van der Waals surface area (Å²) >= 11 is 0. The minimum atomic E-state index is -0.598. The summed E-state index contributed by atoms with van der Waals surface area (Å²) in [5, 5.41) is 11.9. The number of benzene rings is 2. The third kappa shape index (κ3) is 4.95. The van der Waals surface area contributed by atoms with Crippen molar-refractivity contribution < 1.29 is 14.8 Å². The predicted octanol–water partition coefficient (Wildman–Crippen LogP) is 2.11. The molecule has 0 aliphatic carbocycles. The maximum atomic E-state index is 11.2. The Morgan fingerprint density at radius 2 is 2.04 bits per heavy atom. The molecule has 0 bridgehead atoms. The molecule has 0 atom stereocenters. The Balaban J connectivity index is 1.71. The monoisotopic (exact) mass is 379 g/mol.